The lowest BCUT2D eigenvalue weighted by atomic mass is 9.93. The van der Waals surface area contributed by atoms with Gasteiger partial charge in [0.05, 0.1) is 18.3 Å². The summed E-state index contributed by atoms with van der Waals surface area (Å²) in [6.45, 7) is 2.86. The number of anilines is 1. The number of hydrogen-bond donors (Lipinski definition) is 0. The van der Waals surface area contributed by atoms with Crippen LogP contribution in [0.5, 0.6) is 0 Å². The van der Waals surface area contributed by atoms with Crippen LogP contribution in [-0.4, -0.2) is 51.5 Å². The second-order valence-corrected chi connectivity index (χ2v) is 10.4. The van der Waals surface area contributed by atoms with E-state index in [4.69, 9.17) is 0 Å². The van der Waals surface area contributed by atoms with Gasteiger partial charge in [-0.05, 0) is 51.1 Å². The molecule has 186 valence electrons. The second kappa shape index (κ2) is 12.4. The summed E-state index contributed by atoms with van der Waals surface area (Å²) in [6.07, 6.45) is 6.71. The van der Waals surface area contributed by atoms with E-state index in [2.05, 4.69) is 77.1 Å². The fourth-order valence-corrected chi connectivity index (χ4v) is 5.83. The molecule has 1 aliphatic carbocycles. The fraction of sp³-hybridized carbons (Fsp3) is 0.464. The summed E-state index contributed by atoms with van der Waals surface area (Å²) in [6, 6.07) is 21.0. The maximum atomic E-state index is 13.6. The quantitative estimate of drug-likeness (QED) is 0.336. The minimum Gasteiger partial charge on any atom is -0.309 e. The number of thioether (sulfide) groups is 1. The number of para-hydroxylation sites is 1. The van der Waals surface area contributed by atoms with Crippen molar-refractivity contribution in [2.45, 2.75) is 69.2 Å². The zero-order valence-electron chi connectivity index (χ0n) is 21.1. The number of carbonyl (C=O) groups excluding carboxylic acids is 1. The molecule has 4 rings (SSSR count). The molecular formula is C28H37N5OS. The standard InChI is InChI=1S/C28H37N5OS/c1-4-25(31(2)3)27-29-30-28(32(27)20-22-14-8-5-9-15-22)35-21-26(34)33(23-16-10-6-11-17-23)24-18-12-7-13-19-24/h5-6,8-11,14-17,24-25H,4,7,12-13,18-21H2,1-3H3/t25-/m1/s1. The van der Waals surface area contributed by atoms with Crippen LogP contribution in [0.15, 0.2) is 65.8 Å². The minimum atomic E-state index is 0.142. The van der Waals surface area contributed by atoms with Crippen molar-refractivity contribution >= 4 is 23.4 Å². The molecule has 35 heavy (non-hydrogen) atoms. The Morgan fingerprint density at radius 2 is 1.66 bits per heavy atom. The fourth-order valence-electron chi connectivity index (χ4n) is 5.03. The van der Waals surface area contributed by atoms with Gasteiger partial charge < -0.3 is 9.47 Å². The van der Waals surface area contributed by atoms with Crippen molar-refractivity contribution in [3.63, 3.8) is 0 Å². The van der Waals surface area contributed by atoms with Crippen molar-refractivity contribution in [3.05, 3.63) is 72.1 Å². The molecule has 1 saturated carbocycles. The summed E-state index contributed by atoms with van der Waals surface area (Å²) in [7, 11) is 4.15. The summed E-state index contributed by atoms with van der Waals surface area (Å²) in [5, 5.41) is 9.96. The number of amides is 1. The molecule has 0 bridgehead atoms. The normalized spacial score (nSPS) is 15.3. The molecule has 0 aliphatic heterocycles. The van der Waals surface area contributed by atoms with Gasteiger partial charge in [-0.2, -0.15) is 0 Å². The van der Waals surface area contributed by atoms with Crippen LogP contribution in [-0.2, 0) is 11.3 Å². The van der Waals surface area contributed by atoms with Crippen molar-refractivity contribution in [1.29, 1.82) is 0 Å². The first-order valence-corrected chi connectivity index (χ1v) is 13.7. The Bertz CT molecular complexity index is 1060. The summed E-state index contributed by atoms with van der Waals surface area (Å²) < 4.78 is 2.19. The van der Waals surface area contributed by atoms with Crippen molar-refractivity contribution in [1.82, 2.24) is 19.7 Å². The van der Waals surface area contributed by atoms with E-state index in [1.807, 2.05) is 29.2 Å². The molecule has 1 aromatic heterocycles. The van der Waals surface area contributed by atoms with Gasteiger partial charge in [-0.3, -0.25) is 9.69 Å². The highest BCUT2D eigenvalue weighted by Crippen LogP contribution is 2.30. The molecule has 1 aliphatic rings. The Labute approximate surface area is 213 Å². The van der Waals surface area contributed by atoms with Crippen LogP contribution >= 0.6 is 11.8 Å². The molecule has 1 atom stereocenters. The van der Waals surface area contributed by atoms with E-state index < -0.39 is 0 Å². The van der Waals surface area contributed by atoms with Crippen molar-refractivity contribution in [2.75, 3.05) is 24.7 Å². The first kappa shape index (κ1) is 25.5. The van der Waals surface area contributed by atoms with E-state index in [9.17, 15) is 4.79 Å². The molecule has 2 aromatic carbocycles. The minimum absolute atomic E-state index is 0.142. The third-order valence-corrected chi connectivity index (χ3v) is 7.76. The van der Waals surface area contributed by atoms with Crippen LogP contribution in [0.4, 0.5) is 5.69 Å². The van der Waals surface area contributed by atoms with Crippen LogP contribution in [0, 0.1) is 0 Å². The molecule has 6 nitrogen and oxygen atoms in total. The Morgan fingerprint density at radius 1 is 1.00 bits per heavy atom. The lowest BCUT2D eigenvalue weighted by Crippen LogP contribution is -2.42. The first-order chi connectivity index (χ1) is 17.1. The van der Waals surface area contributed by atoms with Crippen molar-refractivity contribution in [2.24, 2.45) is 0 Å². The average Bonchev–Trinajstić information content (AvgIpc) is 3.27. The molecule has 3 aromatic rings. The number of carbonyl (C=O) groups is 1. The van der Waals surface area contributed by atoms with E-state index >= 15 is 0 Å². The molecular weight excluding hydrogens is 454 g/mol. The molecule has 1 fully saturated rings. The van der Waals surface area contributed by atoms with Gasteiger partial charge in [0, 0.05) is 11.7 Å². The zero-order valence-corrected chi connectivity index (χ0v) is 22.0. The lowest BCUT2D eigenvalue weighted by molar-refractivity contribution is -0.116. The predicted molar refractivity (Wildman–Crippen MR) is 144 cm³/mol. The number of aromatic nitrogens is 3. The van der Waals surface area contributed by atoms with Crippen LogP contribution < -0.4 is 4.90 Å². The van der Waals surface area contributed by atoms with Gasteiger partial charge in [0.15, 0.2) is 11.0 Å². The Morgan fingerprint density at radius 3 is 2.29 bits per heavy atom. The van der Waals surface area contributed by atoms with Crippen molar-refractivity contribution < 1.29 is 4.79 Å². The highest BCUT2D eigenvalue weighted by atomic mass is 32.2. The average molecular weight is 492 g/mol. The highest BCUT2D eigenvalue weighted by Gasteiger charge is 2.28. The van der Waals surface area contributed by atoms with Crippen LogP contribution in [0.2, 0.25) is 0 Å². The van der Waals surface area contributed by atoms with E-state index in [0.29, 0.717) is 12.3 Å². The van der Waals surface area contributed by atoms with Gasteiger partial charge in [0.25, 0.3) is 0 Å². The molecule has 0 radical (unpaired) electrons. The van der Waals surface area contributed by atoms with Gasteiger partial charge >= 0.3 is 0 Å². The van der Waals surface area contributed by atoms with Gasteiger partial charge in [-0.15, -0.1) is 10.2 Å². The summed E-state index contributed by atoms with van der Waals surface area (Å²) in [5.41, 5.74) is 2.19. The van der Waals surface area contributed by atoms with E-state index in [0.717, 1.165) is 35.9 Å². The van der Waals surface area contributed by atoms with Crippen LogP contribution in [0.1, 0.15) is 62.9 Å². The zero-order chi connectivity index (χ0) is 24.6. The number of rotatable bonds is 10. The van der Waals surface area contributed by atoms with Crippen molar-refractivity contribution in [3.8, 4) is 0 Å². The summed E-state index contributed by atoms with van der Waals surface area (Å²) in [5.74, 6) is 1.43. The molecule has 1 amide bonds. The van der Waals surface area contributed by atoms with Gasteiger partial charge in [-0.25, -0.2) is 0 Å². The topological polar surface area (TPSA) is 54.3 Å². The Kier molecular flexibility index (Phi) is 8.99. The molecule has 0 saturated heterocycles. The number of hydrogen-bond acceptors (Lipinski definition) is 5. The maximum absolute atomic E-state index is 13.6. The Balaban J connectivity index is 1.57. The van der Waals surface area contributed by atoms with Gasteiger partial charge in [0.2, 0.25) is 5.91 Å². The highest BCUT2D eigenvalue weighted by molar-refractivity contribution is 7.99. The first-order valence-electron chi connectivity index (χ1n) is 12.7. The SMILES string of the molecule is CC[C@H](c1nnc(SCC(=O)N(c2ccccc2)C2CCCCC2)n1Cc1ccccc1)N(C)C. The van der Waals surface area contributed by atoms with E-state index in [-0.39, 0.29) is 18.0 Å². The molecule has 7 heteroatoms. The van der Waals surface area contributed by atoms with Gasteiger partial charge in [-0.1, -0.05) is 86.5 Å². The monoisotopic (exact) mass is 491 g/mol. The van der Waals surface area contributed by atoms with E-state index in [1.165, 1.54) is 36.6 Å². The number of benzene rings is 2. The van der Waals surface area contributed by atoms with Crippen LogP contribution in [0.3, 0.4) is 0 Å². The molecule has 1 heterocycles. The largest absolute Gasteiger partial charge is 0.309 e. The molecule has 0 spiro atoms. The predicted octanol–water partition coefficient (Wildman–Crippen LogP) is 5.80. The smallest absolute Gasteiger partial charge is 0.237 e. The Hall–Kier alpha value is -2.64. The summed E-state index contributed by atoms with van der Waals surface area (Å²) >= 11 is 1.50. The van der Waals surface area contributed by atoms with E-state index in [1.54, 1.807) is 0 Å². The molecule has 0 unspecified atom stereocenters. The molecule has 0 N–H and O–H groups in total. The second-order valence-electron chi connectivity index (χ2n) is 9.48. The van der Waals surface area contributed by atoms with Gasteiger partial charge in [0.1, 0.15) is 0 Å². The third-order valence-electron chi connectivity index (χ3n) is 6.80. The van der Waals surface area contributed by atoms with Crippen LogP contribution in [0.25, 0.3) is 0 Å². The summed E-state index contributed by atoms with van der Waals surface area (Å²) in [4.78, 5) is 17.9. The lowest BCUT2D eigenvalue weighted by Gasteiger charge is -2.34. The number of nitrogens with zero attached hydrogens (tertiary/aromatic N) is 5. The maximum Gasteiger partial charge on any atom is 0.237 e. The third kappa shape index (κ3) is 6.33.